The molecule has 0 amide bonds. The van der Waals surface area contributed by atoms with Gasteiger partial charge in [0.05, 0.1) is 10.7 Å². The van der Waals surface area contributed by atoms with E-state index in [2.05, 4.69) is 11.9 Å². The molecule has 2 rings (SSSR count). The molecule has 0 fully saturated rings. The minimum Gasteiger partial charge on any atom is -0.330 e. The van der Waals surface area contributed by atoms with E-state index in [1.165, 1.54) is 22.0 Å². The van der Waals surface area contributed by atoms with Crippen LogP contribution in [0.2, 0.25) is 0 Å². The number of hydrogen-bond acceptors (Lipinski definition) is 4. The molecule has 1 aliphatic heterocycles. The monoisotopic (exact) mass is 225 g/mol. The minimum atomic E-state index is 0.799. The third kappa shape index (κ3) is 2.77. The van der Waals surface area contributed by atoms with Crippen molar-refractivity contribution in [2.24, 2.45) is 5.73 Å². The van der Waals surface area contributed by atoms with Crippen LogP contribution in [-0.2, 0) is 19.4 Å². The molecule has 2 N–H and O–H groups in total. The second-order valence-electron chi connectivity index (χ2n) is 4.21. The molecule has 0 atom stereocenters. The molecule has 2 heterocycles. The molecule has 0 saturated carbocycles. The first-order valence-electron chi connectivity index (χ1n) is 5.65. The first-order chi connectivity index (χ1) is 7.29. The lowest BCUT2D eigenvalue weighted by molar-refractivity contribution is 0.314. The van der Waals surface area contributed by atoms with Crippen LogP contribution < -0.4 is 5.73 Å². The number of hydrogen-bond donors (Lipinski definition) is 1. The quantitative estimate of drug-likeness (QED) is 0.788. The summed E-state index contributed by atoms with van der Waals surface area (Å²) in [7, 11) is 2.18. The van der Waals surface area contributed by atoms with Gasteiger partial charge in [-0.1, -0.05) is 0 Å². The van der Waals surface area contributed by atoms with E-state index in [4.69, 9.17) is 10.7 Å². The number of aryl methyl sites for hydroxylation is 1. The van der Waals surface area contributed by atoms with Gasteiger partial charge >= 0.3 is 0 Å². The molecule has 15 heavy (non-hydrogen) atoms. The van der Waals surface area contributed by atoms with E-state index in [1.54, 1.807) is 0 Å². The van der Waals surface area contributed by atoms with Gasteiger partial charge < -0.3 is 10.6 Å². The zero-order valence-electron chi connectivity index (χ0n) is 9.33. The minimum absolute atomic E-state index is 0.799. The van der Waals surface area contributed by atoms with E-state index in [9.17, 15) is 0 Å². The van der Waals surface area contributed by atoms with Crippen molar-refractivity contribution < 1.29 is 0 Å². The summed E-state index contributed by atoms with van der Waals surface area (Å²) in [5, 5.41) is 1.31. The number of nitrogens with two attached hydrogens (primary N) is 1. The number of unbranched alkanes of at least 4 members (excludes halogenated alkanes) is 1. The van der Waals surface area contributed by atoms with Crippen LogP contribution in [0.3, 0.4) is 0 Å². The summed E-state index contributed by atoms with van der Waals surface area (Å²) in [6, 6.07) is 0. The molecular weight excluding hydrogens is 206 g/mol. The lowest BCUT2D eigenvalue weighted by Crippen LogP contribution is -2.25. The van der Waals surface area contributed by atoms with Gasteiger partial charge in [-0.25, -0.2) is 4.98 Å². The third-order valence-electron chi connectivity index (χ3n) is 2.81. The number of fused-ring (bicyclic) bond motifs is 1. The smallest absolute Gasteiger partial charge is 0.0931 e. The number of thiazole rings is 1. The fraction of sp³-hybridized carbons (Fsp3) is 0.727. The van der Waals surface area contributed by atoms with Crippen molar-refractivity contribution in [3.63, 3.8) is 0 Å². The summed E-state index contributed by atoms with van der Waals surface area (Å²) < 4.78 is 0. The van der Waals surface area contributed by atoms with Crippen molar-refractivity contribution in [2.45, 2.75) is 32.2 Å². The molecule has 84 valence electrons. The molecule has 0 aliphatic carbocycles. The fourth-order valence-electron chi connectivity index (χ4n) is 1.90. The van der Waals surface area contributed by atoms with Gasteiger partial charge in [-0.2, -0.15) is 0 Å². The Morgan fingerprint density at radius 2 is 2.33 bits per heavy atom. The van der Waals surface area contributed by atoms with Crippen molar-refractivity contribution >= 4 is 11.3 Å². The molecule has 0 saturated heterocycles. The Balaban J connectivity index is 1.96. The highest BCUT2D eigenvalue weighted by Gasteiger charge is 2.17. The average Bonchev–Trinajstić information content (AvgIpc) is 2.60. The van der Waals surface area contributed by atoms with Crippen LogP contribution in [0.4, 0.5) is 0 Å². The van der Waals surface area contributed by atoms with Crippen LogP contribution in [0.25, 0.3) is 0 Å². The average molecular weight is 225 g/mol. The van der Waals surface area contributed by atoms with E-state index >= 15 is 0 Å². The number of rotatable bonds is 4. The fourth-order valence-corrected chi connectivity index (χ4v) is 3.14. The van der Waals surface area contributed by atoms with Crippen molar-refractivity contribution in [3.8, 4) is 0 Å². The standard InChI is InChI=1S/C11H19N3S/c1-14-7-5-9-10(8-14)15-11(13-9)4-2-3-6-12/h2-8,12H2,1H3. The first kappa shape index (κ1) is 11.0. The molecule has 0 spiro atoms. The zero-order valence-corrected chi connectivity index (χ0v) is 10.1. The summed E-state index contributed by atoms with van der Waals surface area (Å²) in [5.41, 5.74) is 6.83. The second kappa shape index (κ2) is 5.05. The van der Waals surface area contributed by atoms with E-state index in [-0.39, 0.29) is 0 Å². The van der Waals surface area contributed by atoms with Gasteiger partial charge in [-0.05, 0) is 32.9 Å². The zero-order chi connectivity index (χ0) is 10.7. The topological polar surface area (TPSA) is 42.2 Å². The molecule has 1 aromatic rings. The maximum Gasteiger partial charge on any atom is 0.0931 e. The lowest BCUT2D eigenvalue weighted by atomic mass is 10.2. The summed E-state index contributed by atoms with van der Waals surface area (Å²) in [6.07, 6.45) is 4.53. The highest BCUT2D eigenvalue weighted by atomic mass is 32.1. The number of aromatic nitrogens is 1. The van der Waals surface area contributed by atoms with Crippen molar-refractivity contribution in [2.75, 3.05) is 20.1 Å². The van der Waals surface area contributed by atoms with Gasteiger partial charge in [-0.15, -0.1) is 11.3 Å². The van der Waals surface area contributed by atoms with Gasteiger partial charge in [0.2, 0.25) is 0 Å². The van der Waals surface area contributed by atoms with Gasteiger partial charge in [-0.3, -0.25) is 0 Å². The largest absolute Gasteiger partial charge is 0.330 e. The molecule has 4 heteroatoms. The maximum absolute atomic E-state index is 5.48. The lowest BCUT2D eigenvalue weighted by Gasteiger charge is -2.20. The van der Waals surface area contributed by atoms with Crippen molar-refractivity contribution in [1.29, 1.82) is 0 Å². The highest BCUT2D eigenvalue weighted by molar-refractivity contribution is 7.11. The van der Waals surface area contributed by atoms with Crippen molar-refractivity contribution in [1.82, 2.24) is 9.88 Å². The van der Waals surface area contributed by atoms with Crippen LogP contribution >= 0.6 is 11.3 Å². The highest BCUT2D eigenvalue weighted by Crippen LogP contribution is 2.25. The van der Waals surface area contributed by atoms with Gasteiger partial charge in [0.1, 0.15) is 0 Å². The van der Waals surface area contributed by atoms with Crippen LogP contribution in [0, 0.1) is 0 Å². The molecule has 0 aromatic carbocycles. The first-order valence-corrected chi connectivity index (χ1v) is 6.47. The van der Waals surface area contributed by atoms with Crippen LogP contribution in [0.15, 0.2) is 0 Å². The predicted octanol–water partition coefficient (Wildman–Crippen LogP) is 1.41. The normalized spacial score (nSPS) is 16.7. The number of likely N-dealkylation sites (N-methyl/N-ethyl adjacent to an activating group) is 1. The Morgan fingerprint density at radius 3 is 3.13 bits per heavy atom. The Kier molecular flexibility index (Phi) is 3.72. The SMILES string of the molecule is CN1CCc2nc(CCCCN)sc2C1. The predicted molar refractivity (Wildman–Crippen MR) is 64.1 cm³/mol. The Hall–Kier alpha value is -0.450. The summed E-state index contributed by atoms with van der Waals surface area (Å²) in [4.78, 5) is 8.55. The van der Waals surface area contributed by atoms with Gasteiger partial charge in [0.25, 0.3) is 0 Å². The van der Waals surface area contributed by atoms with E-state index in [1.807, 2.05) is 11.3 Å². The van der Waals surface area contributed by atoms with Crippen LogP contribution in [-0.4, -0.2) is 30.0 Å². The third-order valence-corrected chi connectivity index (χ3v) is 3.95. The van der Waals surface area contributed by atoms with Gasteiger partial charge in [0, 0.05) is 24.4 Å². The second-order valence-corrected chi connectivity index (χ2v) is 5.38. The molecule has 3 nitrogen and oxygen atoms in total. The molecule has 1 aliphatic rings. The Labute approximate surface area is 95.3 Å². The Bertz CT molecular complexity index is 322. The Morgan fingerprint density at radius 1 is 1.47 bits per heavy atom. The molecule has 1 aromatic heterocycles. The summed E-state index contributed by atoms with van der Waals surface area (Å²) in [6.45, 7) is 3.04. The molecule has 0 bridgehead atoms. The van der Waals surface area contributed by atoms with Gasteiger partial charge in [0.15, 0.2) is 0 Å². The molecule has 0 unspecified atom stereocenters. The maximum atomic E-state index is 5.48. The molecule has 0 radical (unpaired) electrons. The van der Waals surface area contributed by atoms with E-state index < -0.39 is 0 Å². The van der Waals surface area contributed by atoms with E-state index in [0.717, 1.165) is 38.9 Å². The molecular formula is C11H19N3S. The van der Waals surface area contributed by atoms with Crippen LogP contribution in [0.5, 0.6) is 0 Å². The summed E-state index contributed by atoms with van der Waals surface area (Å²) >= 11 is 1.90. The number of nitrogens with zero attached hydrogens (tertiary/aromatic N) is 2. The van der Waals surface area contributed by atoms with Crippen LogP contribution in [0.1, 0.15) is 28.4 Å². The summed E-state index contributed by atoms with van der Waals surface area (Å²) in [5.74, 6) is 0. The van der Waals surface area contributed by atoms with Crippen molar-refractivity contribution in [3.05, 3.63) is 15.6 Å². The van der Waals surface area contributed by atoms with E-state index in [0.29, 0.717) is 0 Å².